The van der Waals surface area contributed by atoms with E-state index in [4.69, 9.17) is 10.5 Å². The first kappa shape index (κ1) is 17.5. The third-order valence-corrected chi connectivity index (χ3v) is 3.35. The van der Waals surface area contributed by atoms with E-state index < -0.39 is 12.0 Å². The van der Waals surface area contributed by atoms with Crippen LogP contribution in [0.3, 0.4) is 0 Å². The molecular weight excluding hydrogens is 264 g/mol. The number of carbonyl (C=O) groups is 1. The first-order valence-corrected chi connectivity index (χ1v) is 7.61. The highest BCUT2D eigenvalue weighted by Gasteiger charge is 2.17. The molecule has 1 amide bonds. The van der Waals surface area contributed by atoms with Gasteiger partial charge in [0.2, 0.25) is 0 Å². The van der Waals surface area contributed by atoms with Gasteiger partial charge in [-0.2, -0.15) is 0 Å². The molecule has 1 aromatic rings. The van der Waals surface area contributed by atoms with Crippen LogP contribution < -0.4 is 15.8 Å². The van der Waals surface area contributed by atoms with Gasteiger partial charge in [0.15, 0.2) is 6.10 Å². The first-order valence-electron chi connectivity index (χ1n) is 7.61. The standard InChI is InChI=1S/C17H28N2O2/c1-6-15(17(18)20)21-16-12(4)7-14(8-13(16)5)10-19-9-11(2)3/h7-8,11,15,19H,6,9-10H2,1-5H3,(H2,18,20). The molecule has 0 bridgehead atoms. The van der Waals surface area contributed by atoms with Gasteiger partial charge >= 0.3 is 0 Å². The number of rotatable bonds is 8. The number of nitrogens with one attached hydrogen (secondary N) is 1. The topological polar surface area (TPSA) is 64.3 Å². The molecule has 1 rings (SSSR count). The Bertz CT molecular complexity index is 461. The van der Waals surface area contributed by atoms with Crippen molar-refractivity contribution >= 4 is 5.91 Å². The largest absolute Gasteiger partial charge is 0.480 e. The summed E-state index contributed by atoms with van der Waals surface area (Å²) in [5.74, 6) is 0.989. The number of benzene rings is 1. The van der Waals surface area contributed by atoms with Crippen LogP contribution in [0.25, 0.3) is 0 Å². The quantitative estimate of drug-likeness (QED) is 0.774. The molecule has 0 aliphatic heterocycles. The summed E-state index contributed by atoms with van der Waals surface area (Å²) in [6, 6.07) is 4.20. The van der Waals surface area contributed by atoms with E-state index in [1.807, 2.05) is 20.8 Å². The summed E-state index contributed by atoms with van der Waals surface area (Å²) in [5, 5.41) is 3.43. The lowest BCUT2D eigenvalue weighted by Crippen LogP contribution is -2.33. The van der Waals surface area contributed by atoms with E-state index in [0.717, 1.165) is 30.0 Å². The summed E-state index contributed by atoms with van der Waals surface area (Å²) in [5.41, 5.74) is 8.65. The van der Waals surface area contributed by atoms with Crippen LogP contribution in [0.1, 0.15) is 43.9 Å². The Balaban J connectivity index is 2.82. The van der Waals surface area contributed by atoms with Gasteiger partial charge in [0.1, 0.15) is 5.75 Å². The van der Waals surface area contributed by atoms with Gasteiger partial charge in [-0.1, -0.05) is 32.9 Å². The molecule has 0 saturated heterocycles. The fourth-order valence-corrected chi connectivity index (χ4v) is 2.32. The molecular formula is C17H28N2O2. The molecule has 1 unspecified atom stereocenters. The van der Waals surface area contributed by atoms with Crippen molar-refractivity contribution in [2.75, 3.05) is 6.54 Å². The number of carbonyl (C=O) groups excluding carboxylic acids is 1. The van der Waals surface area contributed by atoms with Gasteiger partial charge in [-0.05, 0) is 49.4 Å². The molecule has 4 heteroatoms. The van der Waals surface area contributed by atoms with Crippen molar-refractivity contribution < 1.29 is 9.53 Å². The van der Waals surface area contributed by atoms with Gasteiger partial charge in [-0.15, -0.1) is 0 Å². The lowest BCUT2D eigenvalue weighted by molar-refractivity contribution is -0.124. The number of hydrogen-bond acceptors (Lipinski definition) is 3. The minimum Gasteiger partial charge on any atom is -0.480 e. The van der Waals surface area contributed by atoms with Gasteiger partial charge in [0, 0.05) is 6.54 Å². The Morgan fingerprint density at radius 1 is 1.29 bits per heavy atom. The SMILES string of the molecule is CCC(Oc1c(C)cc(CNCC(C)C)cc1C)C(N)=O. The molecule has 1 aromatic carbocycles. The Morgan fingerprint density at radius 3 is 2.29 bits per heavy atom. The summed E-state index contributed by atoms with van der Waals surface area (Å²) in [7, 11) is 0. The van der Waals surface area contributed by atoms with Gasteiger partial charge < -0.3 is 15.8 Å². The number of nitrogens with two attached hydrogens (primary N) is 1. The normalized spacial score (nSPS) is 12.5. The smallest absolute Gasteiger partial charge is 0.258 e. The maximum Gasteiger partial charge on any atom is 0.258 e. The molecule has 0 aliphatic rings. The molecule has 0 aromatic heterocycles. The van der Waals surface area contributed by atoms with Crippen LogP contribution >= 0.6 is 0 Å². The summed E-state index contributed by atoms with van der Waals surface area (Å²) >= 11 is 0. The van der Waals surface area contributed by atoms with Crippen molar-refractivity contribution in [1.29, 1.82) is 0 Å². The average Bonchev–Trinajstić information content (AvgIpc) is 2.37. The second-order valence-electron chi connectivity index (χ2n) is 6.00. The van der Waals surface area contributed by atoms with Crippen LogP contribution in [0.15, 0.2) is 12.1 Å². The van der Waals surface area contributed by atoms with Crippen LogP contribution in [-0.4, -0.2) is 18.6 Å². The molecule has 1 atom stereocenters. The van der Waals surface area contributed by atoms with Gasteiger partial charge in [-0.3, -0.25) is 4.79 Å². The molecule has 0 aliphatic carbocycles. The van der Waals surface area contributed by atoms with E-state index in [-0.39, 0.29) is 0 Å². The third kappa shape index (κ3) is 5.38. The van der Waals surface area contributed by atoms with Crippen LogP contribution in [0, 0.1) is 19.8 Å². The summed E-state index contributed by atoms with van der Waals surface area (Å²) in [6.45, 7) is 12.1. The van der Waals surface area contributed by atoms with Crippen LogP contribution in [-0.2, 0) is 11.3 Å². The molecule has 21 heavy (non-hydrogen) atoms. The highest BCUT2D eigenvalue weighted by atomic mass is 16.5. The van der Waals surface area contributed by atoms with Gasteiger partial charge in [0.25, 0.3) is 5.91 Å². The van der Waals surface area contributed by atoms with Crippen molar-refractivity contribution in [2.45, 2.75) is 53.7 Å². The minimum absolute atomic E-state index is 0.418. The van der Waals surface area contributed by atoms with Crippen molar-refractivity contribution in [2.24, 2.45) is 11.7 Å². The molecule has 0 radical (unpaired) electrons. The predicted molar refractivity (Wildman–Crippen MR) is 86.4 cm³/mol. The molecule has 0 fully saturated rings. The van der Waals surface area contributed by atoms with E-state index in [1.54, 1.807) is 0 Å². The van der Waals surface area contributed by atoms with Gasteiger partial charge in [0.05, 0.1) is 0 Å². The van der Waals surface area contributed by atoms with E-state index >= 15 is 0 Å². The highest BCUT2D eigenvalue weighted by Crippen LogP contribution is 2.26. The molecule has 4 nitrogen and oxygen atoms in total. The zero-order chi connectivity index (χ0) is 16.0. The maximum atomic E-state index is 11.3. The Morgan fingerprint density at radius 2 is 1.86 bits per heavy atom. The van der Waals surface area contributed by atoms with E-state index in [2.05, 4.69) is 31.3 Å². The maximum absolute atomic E-state index is 11.3. The van der Waals surface area contributed by atoms with Crippen LogP contribution in [0.4, 0.5) is 0 Å². The molecule has 0 saturated carbocycles. The second kappa shape index (κ2) is 8.03. The van der Waals surface area contributed by atoms with Crippen LogP contribution in [0.5, 0.6) is 5.75 Å². The lowest BCUT2D eigenvalue weighted by atomic mass is 10.0. The molecule has 0 spiro atoms. The van der Waals surface area contributed by atoms with E-state index in [9.17, 15) is 4.79 Å². The summed E-state index contributed by atoms with van der Waals surface area (Å²) in [4.78, 5) is 11.3. The molecule has 3 N–H and O–H groups in total. The Labute approximate surface area is 128 Å². The molecule has 0 heterocycles. The van der Waals surface area contributed by atoms with Gasteiger partial charge in [-0.25, -0.2) is 0 Å². The summed E-state index contributed by atoms with van der Waals surface area (Å²) in [6.07, 6.45) is 0.0126. The highest BCUT2D eigenvalue weighted by molar-refractivity contribution is 5.79. The zero-order valence-corrected chi connectivity index (χ0v) is 13.8. The monoisotopic (exact) mass is 292 g/mol. The fourth-order valence-electron chi connectivity index (χ4n) is 2.32. The van der Waals surface area contributed by atoms with E-state index in [0.29, 0.717) is 12.3 Å². The van der Waals surface area contributed by atoms with E-state index in [1.165, 1.54) is 5.56 Å². The first-order chi connectivity index (χ1) is 9.85. The lowest BCUT2D eigenvalue weighted by Gasteiger charge is -2.19. The van der Waals surface area contributed by atoms with Crippen LogP contribution in [0.2, 0.25) is 0 Å². The average molecular weight is 292 g/mol. The second-order valence-corrected chi connectivity index (χ2v) is 6.00. The predicted octanol–water partition coefficient (Wildman–Crippen LogP) is 2.69. The number of hydrogen-bond donors (Lipinski definition) is 2. The Kier molecular flexibility index (Phi) is 6.69. The minimum atomic E-state index is -0.563. The summed E-state index contributed by atoms with van der Waals surface area (Å²) < 4.78 is 5.79. The van der Waals surface area contributed by atoms with Crippen molar-refractivity contribution in [3.63, 3.8) is 0 Å². The number of amides is 1. The van der Waals surface area contributed by atoms with Crippen molar-refractivity contribution in [1.82, 2.24) is 5.32 Å². The fraction of sp³-hybridized carbons (Fsp3) is 0.588. The van der Waals surface area contributed by atoms with Crippen molar-refractivity contribution in [3.8, 4) is 5.75 Å². The molecule has 118 valence electrons. The number of primary amides is 1. The number of aryl methyl sites for hydroxylation is 2. The number of ether oxygens (including phenoxy) is 1. The zero-order valence-electron chi connectivity index (χ0n) is 13.8. The van der Waals surface area contributed by atoms with Crippen molar-refractivity contribution in [3.05, 3.63) is 28.8 Å². The Hall–Kier alpha value is -1.55. The third-order valence-electron chi connectivity index (χ3n) is 3.35.